The largest absolute Gasteiger partial charge is 0.413 e. The molecule has 0 aliphatic heterocycles. The van der Waals surface area contributed by atoms with E-state index in [9.17, 15) is 4.39 Å². The molecule has 0 fully saturated rings. The molecule has 19 heavy (non-hydrogen) atoms. The van der Waals surface area contributed by atoms with Gasteiger partial charge in [0.1, 0.15) is 5.82 Å². The molecule has 0 aliphatic rings. The Kier molecular flexibility index (Phi) is 5.81. The second-order valence-electron chi connectivity index (χ2n) is 6.21. The van der Waals surface area contributed by atoms with Crippen LogP contribution in [0, 0.1) is 5.82 Å². The Labute approximate surface area is 133 Å². The van der Waals surface area contributed by atoms with E-state index in [1.54, 1.807) is 6.07 Å². The van der Waals surface area contributed by atoms with Gasteiger partial charge in [-0.1, -0.05) is 52.6 Å². The number of hydrogen-bond acceptors (Lipinski definition) is 1. The number of alkyl halides is 1. The number of halogens is 3. The fraction of sp³-hybridized carbons (Fsp3) is 0.571. The van der Waals surface area contributed by atoms with Crippen LogP contribution in [0.5, 0.6) is 0 Å². The molecular formula is C14H21Br2FOSi. The predicted octanol–water partition coefficient (Wildman–Crippen LogP) is 6.00. The second kappa shape index (κ2) is 6.37. The second-order valence-corrected chi connectivity index (χ2v) is 12.4. The summed E-state index contributed by atoms with van der Waals surface area (Å²) in [4.78, 5) is 0. The molecule has 108 valence electrons. The monoisotopic (exact) mass is 410 g/mol. The zero-order valence-corrected chi connectivity index (χ0v) is 16.3. The Morgan fingerprint density at radius 1 is 1.26 bits per heavy atom. The van der Waals surface area contributed by atoms with Crippen molar-refractivity contribution in [3.05, 3.63) is 33.5 Å². The van der Waals surface area contributed by atoms with Gasteiger partial charge in [0.2, 0.25) is 0 Å². The van der Waals surface area contributed by atoms with Crippen LogP contribution >= 0.6 is 31.9 Å². The minimum Gasteiger partial charge on any atom is -0.413 e. The highest BCUT2D eigenvalue weighted by atomic mass is 79.9. The maximum atomic E-state index is 13.5. The van der Waals surface area contributed by atoms with Crippen LogP contribution in [-0.4, -0.2) is 8.32 Å². The van der Waals surface area contributed by atoms with Crippen LogP contribution in [0.15, 0.2) is 16.6 Å². The third-order valence-corrected chi connectivity index (χ3v) is 9.53. The molecule has 0 radical (unpaired) electrons. The summed E-state index contributed by atoms with van der Waals surface area (Å²) in [5.74, 6) is -0.231. The molecular weight excluding hydrogens is 391 g/mol. The van der Waals surface area contributed by atoms with Crippen molar-refractivity contribution in [2.45, 2.75) is 50.8 Å². The zero-order chi connectivity index (χ0) is 14.8. The Morgan fingerprint density at radius 2 is 1.84 bits per heavy atom. The van der Waals surface area contributed by atoms with Crippen molar-refractivity contribution >= 4 is 40.2 Å². The van der Waals surface area contributed by atoms with E-state index in [4.69, 9.17) is 4.43 Å². The van der Waals surface area contributed by atoms with Crippen molar-refractivity contribution in [2.75, 3.05) is 0 Å². The molecule has 0 aromatic heterocycles. The van der Waals surface area contributed by atoms with Crippen molar-refractivity contribution in [3.63, 3.8) is 0 Å². The first-order chi connectivity index (χ1) is 8.58. The molecule has 1 nitrogen and oxygen atoms in total. The summed E-state index contributed by atoms with van der Waals surface area (Å²) >= 11 is 6.85. The summed E-state index contributed by atoms with van der Waals surface area (Å²) in [7, 11) is -1.81. The van der Waals surface area contributed by atoms with E-state index in [0.29, 0.717) is 11.9 Å². The Morgan fingerprint density at radius 3 is 2.32 bits per heavy atom. The lowest BCUT2D eigenvalue weighted by molar-refractivity contribution is 0.275. The van der Waals surface area contributed by atoms with Crippen LogP contribution in [0.1, 0.15) is 31.9 Å². The standard InChI is InChI=1S/C14H21Br2FOSi/c1-14(2,3)19(4,5)18-9-10-6-11(17)7-13(16)12(10)8-15/h6-7H,8-9H2,1-5H3. The number of rotatable bonds is 4. The van der Waals surface area contributed by atoms with Gasteiger partial charge in [0, 0.05) is 9.80 Å². The lowest BCUT2D eigenvalue weighted by Crippen LogP contribution is -2.40. The Balaban J connectivity index is 2.95. The minimum absolute atomic E-state index is 0.159. The molecule has 1 aromatic rings. The fourth-order valence-corrected chi connectivity index (χ4v) is 4.01. The van der Waals surface area contributed by atoms with Crippen LogP contribution in [0.2, 0.25) is 18.1 Å². The van der Waals surface area contributed by atoms with Gasteiger partial charge in [0.25, 0.3) is 0 Å². The van der Waals surface area contributed by atoms with Crippen LogP contribution in [-0.2, 0) is 16.4 Å². The van der Waals surface area contributed by atoms with Gasteiger partial charge in [-0.25, -0.2) is 4.39 Å². The average molecular weight is 412 g/mol. The highest BCUT2D eigenvalue weighted by Gasteiger charge is 2.37. The summed E-state index contributed by atoms with van der Waals surface area (Å²) in [5, 5.41) is 0.843. The van der Waals surface area contributed by atoms with Gasteiger partial charge < -0.3 is 4.43 Å². The molecule has 5 heteroatoms. The van der Waals surface area contributed by atoms with Crippen LogP contribution in [0.3, 0.4) is 0 Å². The molecule has 0 N–H and O–H groups in total. The van der Waals surface area contributed by atoms with Crippen molar-refractivity contribution in [2.24, 2.45) is 0 Å². The van der Waals surface area contributed by atoms with E-state index in [0.717, 1.165) is 15.6 Å². The summed E-state index contributed by atoms with van der Waals surface area (Å²) in [6, 6.07) is 3.06. The molecule has 0 aliphatic carbocycles. The van der Waals surface area contributed by atoms with Crippen molar-refractivity contribution in [1.29, 1.82) is 0 Å². The molecule has 0 saturated heterocycles. The van der Waals surface area contributed by atoms with Gasteiger partial charge in [-0.05, 0) is 41.4 Å². The number of hydrogen-bond donors (Lipinski definition) is 0. The topological polar surface area (TPSA) is 9.23 Å². The van der Waals surface area contributed by atoms with Gasteiger partial charge in [0.15, 0.2) is 8.32 Å². The molecule has 0 amide bonds. The zero-order valence-electron chi connectivity index (χ0n) is 12.1. The summed E-state index contributed by atoms with van der Waals surface area (Å²) in [6.07, 6.45) is 0. The molecule has 0 unspecified atom stereocenters. The van der Waals surface area contributed by atoms with Gasteiger partial charge in [-0.15, -0.1) is 0 Å². The predicted molar refractivity (Wildman–Crippen MR) is 88.7 cm³/mol. The van der Waals surface area contributed by atoms with Gasteiger partial charge in [-0.3, -0.25) is 0 Å². The highest BCUT2D eigenvalue weighted by Crippen LogP contribution is 2.37. The first-order valence-corrected chi connectivity index (χ1v) is 11.1. The van der Waals surface area contributed by atoms with Gasteiger partial charge in [-0.2, -0.15) is 0 Å². The van der Waals surface area contributed by atoms with E-state index < -0.39 is 8.32 Å². The smallest absolute Gasteiger partial charge is 0.192 e. The summed E-state index contributed by atoms with van der Waals surface area (Å²) in [5.41, 5.74) is 1.97. The van der Waals surface area contributed by atoms with E-state index in [2.05, 4.69) is 65.7 Å². The Bertz CT molecular complexity index is 455. The minimum atomic E-state index is -1.81. The molecule has 1 rings (SSSR count). The average Bonchev–Trinajstić information content (AvgIpc) is 2.24. The molecule has 0 heterocycles. The van der Waals surface area contributed by atoms with Crippen molar-refractivity contribution < 1.29 is 8.82 Å². The highest BCUT2D eigenvalue weighted by molar-refractivity contribution is 9.10. The molecule has 0 bridgehead atoms. The summed E-state index contributed by atoms with van der Waals surface area (Å²) in [6.45, 7) is 11.5. The molecule has 0 atom stereocenters. The molecule has 0 saturated carbocycles. The first-order valence-electron chi connectivity index (χ1n) is 6.25. The maximum absolute atomic E-state index is 13.5. The van der Waals surface area contributed by atoms with Crippen LogP contribution in [0.25, 0.3) is 0 Å². The Hall–Kier alpha value is 0.287. The van der Waals surface area contributed by atoms with Crippen molar-refractivity contribution in [1.82, 2.24) is 0 Å². The van der Waals surface area contributed by atoms with Gasteiger partial charge >= 0.3 is 0 Å². The van der Waals surface area contributed by atoms with E-state index in [1.807, 2.05) is 0 Å². The third kappa shape index (κ3) is 4.38. The normalized spacial score (nSPS) is 12.8. The van der Waals surface area contributed by atoms with Crippen molar-refractivity contribution in [3.8, 4) is 0 Å². The lowest BCUT2D eigenvalue weighted by atomic mass is 10.1. The number of benzene rings is 1. The summed E-state index contributed by atoms with van der Waals surface area (Å²) < 4.78 is 20.5. The van der Waals surface area contributed by atoms with Crippen LogP contribution < -0.4 is 0 Å². The molecule has 1 aromatic carbocycles. The molecule has 0 spiro atoms. The third-order valence-electron chi connectivity index (χ3n) is 3.78. The van der Waals surface area contributed by atoms with E-state index in [1.165, 1.54) is 6.07 Å². The first kappa shape index (κ1) is 17.3. The fourth-order valence-electron chi connectivity index (χ4n) is 1.41. The van der Waals surface area contributed by atoms with Gasteiger partial charge in [0.05, 0.1) is 6.61 Å². The SMILES string of the molecule is CC(C)(C)[Si](C)(C)OCc1cc(F)cc(Br)c1CBr. The van der Waals surface area contributed by atoms with E-state index >= 15 is 0 Å². The maximum Gasteiger partial charge on any atom is 0.192 e. The van der Waals surface area contributed by atoms with Crippen LogP contribution in [0.4, 0.5) is 4.39 Å². The quantitative estimate of drug-likeness (QED) is 0.435. The van der Waals surface area contributed by atoms with E-state index in [-0.39, 0.29) is 10.9 Å². The lowest BCUT2D eigenvalue weighted by Gasteiger charge is -2.36.